The normalized spacial score (nSPS) is 5.80. The maximum Gasteiger partial charge on any atom is 0.123 e. The standard InChI is InChI=1S/C2H2ClNS/c3-1-4-2-5/h1H2. The zero-order valence-corrected chi connectivity index (χ0v) is 4.01. The minimum absolute atomic E-state index is 0.226. The Morgan fingerprint density at radius 2 is 2.60 bits per heavy atom. The van der Waals surface area contributed by atoms with Gasteiger partial charge in [-0.05, 0) is 12.2 Å². The van der Waals surface area contributed by atoms with E-state index >= 15 is 0 Å². The van der Waals surface area contributed by atoms with E-state index in [1.165, 1.54) is 0 Å². The minimum Gasteiger partial charge on any atom is -0.216 e. The van der Waals surface area contributed by atoms with E-state index in [1.807, 2.05) is 0 Å². The molecular weight excluding hydrogens is 106 g/mol. The van der Waals surface area contributed by atoms with Crippen molar-refractivity contribution in [1.82, 2.24) is 0 Å². The molecule has 0 spiro atoms. The van der Waals surface area contributed by atoms with E-state index < -0.39 is 0 Å². The predicted octanol–water partition coefficient (Wildman–Crippen LogP) is 1.29. The first kappa shape index (κ1) is 5.09. The number of hydrogen-bond donors (Lipinski definition) is 0. The highest BCUT2D eigenvalue weighted by atomic mass is 35.5. The summed E-state index contributed by atoms with van der Waals surface area (Å²) in [6.07, 6.45) is 0. The molecule has 0 saturated carbocycles. The molecule has 0 aromatic heterocycles. The summed E-state index contributed by atoms with van der Waals surface area (Å²) in [7, 11) is 0. The van der Waals surface area contributed by atoms with Crippen LogP contribution in [0.1, 0.15) is 0 Å². The van der Waals surface area contributed by atoms with Crippen LogP contribution in [-0.4, -0.2) is 11.2 Å². The minimum atomic E-state index is 0.226. The van der Waals surface area contributed by atoms with E-state index in [0.29, 0.717) is 0 Å². The molecule has 5 heavy (non-hydrogen) atoms. The number of isothiocyanates is 1. The van der Waals surface area contributed by atoms with Gasteiger partial charge in [-0.2, -0.15) is 0 Å². The van der Waals surface area contributed by atoms with Crippen LogP contribution >= 0.6 is 23.8 Å². The summed E-state index contributed by atoms with van der Waals surface area (Å²) in [6, 6.07) is 0.226. The molecule has 0 aliphatic heterocycles. The van der Waals surface area contributed by atoms with Crippen LogP contribution in [0.5, 0.6) is 0 Å². The van der Waals surface area contributed by atoms with Gasteiger partial charge in [-0.1, -0.05) is 11.6 Å². The molecule has 0 rings (SSSR count). The summed E-state index contributed by atoms with van der Waals surface area (Å²) < 4.78 is 0. The van der Waals surface area contributed by atoms with Gasteiger partial charge in [0.05, 0.1) is 5.16 Å². The zero-order valence-electron chi connectivity index (χ0n) is 2.44. The molecule has 0 aliphatic carbocycles. The second-order valence-electron chi connectivity index (χ2n) is 0.369. The van der Waals surface area contributed by atoms with Crippen molar-refractivity contribution < 1.29 is 0 Å². The molecule has 0 amide bonds. The number of hydrogen-bond acceptors (Lipinski definition) is 2. The van der Waals surface area contributed by atoms with E-state index in [4.69, 9.17) is 11.6 Å². The summed E-state index contributed by atoms with van der Waals surface area (Å²) in [5.74, 6) is 0. The van der Waals surface area contributed by atoms with Crippen LogP contribution in [0.4, 0.5) is 0 Å². The van der Waals surface area contributed by atoms with Gasteiger partial charge in [-0.3, -0.25) is 0 Å². The molecule has 0 saturated heterocycles. The smallest absolute Gasteiger partial charge is 0.123 e. The van der Waals surface area contributed by atoms with Gasteiger partial charge in [-0.25, -0.2) is 4.99 Å². The molecule has 28 valence electrons. The third-order valence-corrected chi connectivity index (χ3v) is 0.373. The highest BCUT2D eigenvalue weighted by Crippen LogP contribution is 1.68. The van der Waals surface area contributed by atoms with Crippen molar-refractivity contribution in [2.75, 3.05) is 6.00 Å². The van der Waals surface area contributed by atoms with Gasteiger partial charge in [0.1, 0.15) is 6.00 Å². The van der Waals surface area contributed by atoms with Gasteiger partial charge >= 0.3 is 0 Å². The zero-order chi connectivity index (χ0) is 4.12. The Hall–Kier alpha value is 0.0900. The topological polar surface area (TPSA) is 12.4 Å². The van der Waals surface area contributed by atoms with Crippen molar-refractivity contribution in [3.8, 4) is 0 Å². The van der Waals surface area contributed by atoms with Crippen molar-refractivity contribution in [3.63, 3.8) is 0 Å². The fourth-order valence-corrected chi connectivity index (χ4v) is 0.220. The largest absolute Gasteiger partial charge is 0.216 e. The Balaban J connectivity index is 2.93. The molecule has 0 aromatic carbocycles. The van der Waals surface area contributed by atoms with Crippen molar-refractivity contribution in [2.45, 2.75) is 0 Å². The lowest BCUT2D eigenvalue weighted by Gasteiger charge is -1.57. The van der Waals surface area contributed by atoms with Crippen molar-refractivity contribution in [2.24, 2.45) is 4.99 Å². The van der Waals surface area contributed by atoms with Gasteiger partial charge in [0.2, 0.25) is 0 Å². The fourth-order valence-electron chi connectivity index (χ4n) is 0.0244. The van der Waals surface area contributed by atoms with Crippen LogP contribution in [0.15, 0.2) is 4.99 Å². The monoisotopic (exact) mass is 107 g/mol. The second-order valence-corrected chi connectivity index (χ2v) is 0.791. The van der Waals surface area contributed by atoms with Crippen LogP contribution in [0, 0.1) is 0 Å². The first-order valence-electron chi connectivity index (χ1n) is 1.01. The molecule has 0 heterocycles. The number of thiocarbonyl (C=S) groups is 1. The third-order valence-electron chi connectivity index (χ3n) is 0.124. The highest BCUT2D eigenvalue weighted by Gasteiger charge is 1.52. The first-order chi connectivity index (χ1) is 2.41. The van der Waals surface area contributed by atoms with E-state index in [0.717, 1.165) is 0 Å². The van der Waals surface area contributed by atoms with E-state index in [1.54, 1.807) is 0 Å². The lowest BCUT2D eigenvalue weighted by molar-refractivity contribution is 1.40. The number of nitrogens with zero attached hydrogens (tertiary/aromatic N) is 1. The van der Waals surface area contributed by atoms with Gasteiger partial charge in [-0.15, -0.1) is 0 Å². The summed E-state index contributed by atoms with van der Waals surface area (Å²) in [5.41, 5.74) is 0. The number of aliphatic imine (C=N–C) groups is 1. The maximum atomic E-state index is 5.01. The lowest BCUT2D eigenvalue weighted by Crippen LogP contribution is -1.50. The molecule has 0 aromatic rings. The van der Waals surface area contributed by atoms with Crippen LogP contribution in [0.25, 0.3) is 0 Å². The summed E-state index contributed by atoms with van der Waals surface area (Å²) in [4.78, 5) is 3.30. The lowest BCUT2D eigenvalue weighted by atomic mass is 11.4. The molecule has 0 aliphatic rings. The van der Waals surface area contributed by atoms with Crippen LogP contribution in [0.3, 0.4) is 0 Å². The van der Waals surface area contributed by atoms with Crippen LogP contribution < -0.4 is 0 Å². The molecule has 0 fully saturated rings. The third kappa shape index (κ3) is 4.09. The number of halogens is 1. The molecule has 0 bridgehead atoms. The Kier molecular flexibility index (Phi) is 4.16. The van der Waals surface area contributed by atoms with E-state index in [9.17, 15) is 0 Å². The summed E-state index contributed by atoms with van der Waals surface area (Å²) >= 11 is 9.16. The molecule has 1 nitrogen and oxygen atoms in total. The Bertz CT molecular complexity index is 56.7. The Morgan fingerprint density at radius 1 is 2.00 bits per heavy atom. The van der Waals surface area contributed by atoms with E-state index in [2.05, 4.69) is 22.4 Å². The number of alkyl halides is 1. The molecule has 0 atom stereocenters. The maximum absolute atomic E-state index is 5.01. The van der Waals surface area contributed by atoms with Gasteiger partial charge in [0, 0.05) is 0 Å². The molecule has 3 heteroatoms. The van der Waals surface area contributed by atoms with Crippen LogP contribution in [-0.2, 0) is 0 Å². The van der Waals surface area contributed by atoms with Gasteiger partial charge in [0.25, 0.3) is 0 Å². The summed E-state index contributed by atoms with van der Waals surface area (Å²) in [6.45, 7) is 0. The van der Waals surface area contributed by atoms with Gasteiger partial charge in [0.15, 0.2) is 0 Å². The second kappa shape index (κ2) is 4.09. The summed E-state index contributed by atoms with van der Waals surface area (Å²) in [5, 5.41) is 2.09. The Morgan fingerprint density at radius 3 is 2.60 bits per heavy atom. The van der Waals surface area contributed by atoms with Gasteiger partial charge < -0.3 is 0 Å². The molecule has 0 N–H and O–H groups in total. The van der Waals surface area contributed by atoms with Crippen molar-refractivity contribution >= 4 is 29.0 Å². The average Bonchev–Trinajstić information content (AvgIpc) is 1.41. The molecule has 0 radical (unpaired) electrons. The van der Waals surface area contributed by atoms with Crippen LogP contribution in [0.2, 0.25) is 0 Å². The van der Waals surface area contributed by atoms with Crippen molar-refractivity contribution in [3.05, 3.63) is 0 Å². The van der Waals surface area contributed by atoms with E-state index in [-0.39, 0.29) is 6.00 Å². The quantitative estimate of drug-likeness (QED) is 0.213. The fraction of sp³-hybridized carbons (Fsp3) is 0.500. The molecule has 0 unspecified atom stereocenters. The van der Waals surface area contributed by atoms with Crippen molar-refractivity contribution in [1.29, 1.82) is 0 Å². The number of rotatable bonds is 1. The SMILES string of the molecule is S=C=NCCl. The highest BCUT2D eigenvalue weighted by molar-refractivity contribution is 7.78. The first-order valence-corrected chi connectivity index (χ1v) is 1.95. The Labute approximate surface area is 40.7 Å². The average molecular weight is 108 g/mol. The molecular formula is C2H2ClNS. The predicted molar refractivity (Wildman–Crippen MR) is 25.7 cm³/mol.